The molecule has 3 nitrogen and oxygen atoms in total. The Labute approximate surface area is 105 Å². The van der Waals surface area contributed by atoms with E-state index in [9.17, 15) is 4.79 Å². The molecule has 0 aromatic heterocycles. The SMILES string of the molecule is CCCNC1CCCN(CC2CC2(C)C)C1=O. The zero-order valence-electron chi connectivity index (χ0n) is 11.5. The van der Waals surface area contributed by atoms with Crippen LogP contribution in [-0.4, -0.2) is 36.5 Å². The molecule has 2 fully saturated rings. The Kier molecular flexibility index (Phi) is 3.76. The van der Waals surface area contributed by atoms with E-state index in [1.807, 2.05) is 0 Å². The van der Waals surface area contributed by atoms with Crippen molar-refractivity contribution < 1.29 is 4.79 Å². The molecule has 98 valence electrons. The third-order valence-electron chi connectivity index (χ3n) is 4.33. The van der Waals surface area contributed by atoms with E-state index in [0.29, 0.717) is 11.3 Å². The van der Waals surface area contributed by atoms with Crippen molar-refractivity contribution in [3.05, 3.63) is 0 Å². The maximum Gasteiger partial charge on any atom is 0.239 e. The summed E-state index contributed by atoms with van der Waals surface area (Å²) >= 11 is 0. The Morgan fingerprint density at radius 2 is 2.18 bits per heavy atom. The number of nitrogens with zero attached hydrogens (tertiary/aromatic N) is 1. The lowest BCUT2D eigenvalue weighted by atomic mass is 10.0. The molecule has 1 amide bonds. The van der Waals surface area contributed by atoms with Gasteiger partial charge < -0.3 is 10.2 Å². The minimum Gasteiger partial charge on any atom is -0.341 e. The quantitative estimate of drug-likeness (QED) is 0.795. The first-order valence-electron chi connectivity index (χ1n) is 7.07. The largest absolute Gasteiger partial charge is 0.341 e. The summed E-state index contributed by atoms with van der Waals surface area (Å²) in [5.41, 5.74) is 0.476. The molecule has 1 saturated carbocycles. The zero-order chi connectivity index (χ0) is 12.5. The molecule has 17 heavy (non-hydrogen) atoms. The summed E-state index contributed by atoms with van der Waals surface area (Å²) in [5, 5.41) is 3.37. The van der Waals surface area contributed by atoms with Gasteiger partial charge in [0.1, 0.15) is 0 Å². The summed E-state index contributed by atoms with van der Waals surface area (Å²) in [6.45, 7) is 9.66. The van der Waals surface area contributed by atoms with Gasteiger partial charge in [-0.05, 0) is 43.6 Å². The molecule has 3 heteroatoms. The monoisotopic (exact) mass is 238 g/mol. The Bertz CT molecular complexity index is 288. The summed E-state index contributed by atoms with van der Waals surface area (Å²) < 4.78 is 0. The lowest BCUT2D eigenvalue weighted by Crippen LogP contribution is -2.51. The van der Waals surface area contributed by atoms with Crippen molar-refractivity contribution in [1.29, 1.82) is 0 Å². The number of amides is 1. The molecule has 0 spiro atoms. The first-order valence-corrected chi connectivity index (χ1v) is 7.07. The number of hydrogen-bond donors (Lipinski definition) is 1. The number of carbonyl (C=O) groups excluding carboxylic acids is 1. The molecule has 1 aliphatic carbocycles. The van der Waals surface area contributed by atoms with Crippen LogP contribution in [0.1, 0.15) is 46.5 Å². The van der Waals surface area contributed by atoms with Crippen LogP contribution in [0.2, 0.25) is 0 Å². The number of carbonyl (C=O) groups is 1. The van der Waals surface area contributed by atoms with Gasteiger partial charge in [0.25, 0.3) is 0 Å². The van der Waals surface area contributed by atoms with Crippen molar-refractivity contribution in [2.45, 2.75) is 52.5 Å². The van der Waals surface area contributed by atoms with Gasteiger partial charge in [0.2, 0.25) is 5.91 Å². The molecular formula is C14H26N2O. The maximum atomic E-state index is 12.3. The fourth-order valence-electron chi connectivity index (χ4n) is 2.78. The lowest BCUT2D eigenvalue weighted by Gasteiger charge is -2.33. The molecule has 0 aromatic rings. The van der Waals surface area contributed by atoms with Crippen LogP contribution in [0, 0.1) is 11.3 Å². The summed E-state index contributed by atoms with van der Waals surface area (Å²) in [4.78, 5) is 14.4. The van der Waals surface area contributed by atoms with Crippen molar-refractivity contribution in [3.63, 3.8) is 0 Å². The summed E-state index contributed by atoms with van der Waals surface area (Å²) in [7, 11) is 0. The summed E-state index contributed by atoms with van der Waals surface area (Å²) in [6.07, 6.45) is 4.55. The van der Waals surface area contributed by atoms with Crippen molar-refractivity contribution in [2.75, 3.05) is 19.6 Å². The van der Waals surface area contributed by atoms with Gasteiger partial charge in [-0.2, -0.15) is 0 Å². The van der Waals surface area contributed by atoms with Crippen LogP contribution in [0.25, 0.3) is 0 Å². The predicted molar refractivity (Wildman–Crippen MR) is 69.8 cm³/mol. The highest BCUT2D eigenvalue weighted by Crippen LogP contribution is 2.51. The Morgan fingerprint density at radius 1 is 1.47 bits per heavy atom. The summed E-state index contributed by atoms with van der Waals surface area (Å²) in [5.74, 6) is 1.07. The minimum absolute atomic E-state index is 0.0885. The Morgan fingerprint density at radius 3 is 2.76 bits per heavy atom. The van der Waals surface area contributed by atoms with Gasteiger partial charge >= 0.3 is 0 Å². The average molecular weight is 238 g/mol. The smallest absolute Gasteiger partial charge is 0.239 e. The van der Waals surface area contributed by atoms with E-state index < -0.39 is 0 Å². The number of piperidine rings is 1. The van der Waals surface area contributed by atoms with Gasteiger partial charge in [0.05, 0.1) is 6.04 Å². The van der Waals surface area contributed by atoms with Crippen molar-refractivity contribution >= 4 is 5.91 Å². The van der Waals surface area contributed by atoms with Crippen molar-refractivity contribution in [3.8, 4) is 0 Å². The summed E-state index contributed by atoms with van der Waals surface area (Å²) in [6, 6.07) is 0.0885. The van der Waals surface area contributed by atoms with Gasteiger partial charge in [-0.3, -0.25) is 4.79 Å². The van der Waals surface area contributed by atoms with Gasteiger partial charge in [0, 0.05) is 13.1 Å². The molecule has 1 N–H and O–H groups in total. The molecule has 0 radical (unpaired) electrons. The fraction of sp³-hybridized carbons (Fsp3) is 0.929. The van der Waals surface area contributed by atoms with Crippen LogP contribution in [0.15, 0.2) is 0 Å². The lowest BCUT2D eigenvalue weighted by molar-refractivity contribution is -0.136. The highest BCUT2D eigenvalue weighted by molar-refractivity contribution is 5.82. The molecule has 2 rings (SSSR count). The molecular weight excluding hydrogens is 212 g/mol. The standard InChI is InChI=1S/C14H26N2O/c1-4-7-15-12-6-5-8-16(13(12)17)10-11-9-14(11,2)3/h11-12,15H,4-10H2,1-3H3. The predicted octanol–water partition coefficient (Wildman–Crippen LogP) is 2.02. The first kappa shape index (κ1) is 12.9. The van der Waals surface area contributed by atoms with Gasteiger partial charge in [0.15, 0.2) is 0 Å². The van der Waals surface area contributed by atoms with Crippen LogP contribution in [-0.2, 0) is 4.79 Å². The molecule has 2 unspecified atom stereocenters. The highest BCUT2D eigenvalue weighted by atomic mass is 16.2. The molecule has 0 bridgehead atoms. The third-order valence-corrected chi connectivity index (χ3v) is 4.33. The van der Waals surface area contributed by atoms with E-state index in [-0.39, 0.29) is 6.04 Å². The number of rotatable bonds is 5. The Balaban J connectivity index is 1.83. The normalized spacial score (nSPS) is 31.7. The molecule has 0 aromatic carbocycles. The van der Waals surface area contributed by atoms with Crippen molar-refractivity contribution in [1.82, 2.24) is 10.2 Å². The average Bonchev–Trinajstić information content (AvgIpc) is 2.87. The second-order valence-electron chi connectivity index (χ2n) is 6.32. The van der Waals surface area contributed by atoms with E-state index in [2.05, 4.69) is 31.0 Å². The highest BCUT2D eigenvalue weighted by Gasteiger charge is 2.47. The number of hydrogen-bond acceptors (Lipinski definition) is 2. The van der Waals surface area contributed by atoms with Gasteiger partial charge in [-0.1, -0.05) is 20.8 Å². The van der Waals surface area contributed by atoms with Crippen LogP contribution in [0.5, 0.6) is 0 Å². The van der Waals surface area contributed by atoms with Crippen LogP contribution < -0.4 is 5.32 Å². The number of nitrogens with one attached hydrogen (secondary N) is 1. The molecule has 1 aliphatic heterocycles. The topological polar surface area (TPSA) is 32.3 Å². The van der Waals surface area contributed by atoms with Crippen molar-refractivity contribution in [2.24, 2.45) is 11.3 Å². The van der Waals surface area contributed by atoms with E-state index in [4.69, 9.17) is 0 Å². The van der Waals surface area contributed by atoms with E-state index >= 15 is 0 Å². The molecule has 1 heterocycles. The molecule has 2 atom stereocenters. The molecule has 1 saturated heterocycles. The van der Waals surface area contributed by atoms with Gasteiger partial charge in [-0.15, -0.1) is 0 Å². The Hall–Kier alpha value is -0.570. The number of likely N-dealkylation sites (tertiary alicyclic amines) is 1. The van der Waals surface area contributed by atoms with E-state index in [0.717, 1.165) is 44.8 Å². The fourth-order valence-corrected chi connectivity index (χ4v) is 2.78. The van der Waals surface area contributed by atoms with Crippen LogP contribution in [0.4, 0.5) is 0 Å². The minimum atomic E-state index is 0.0885. The van der Waals surface area contributed by atoms with E-state index in [1.54, 1.807) is 0 Å². The second kappa shape index (κ2) is 4.97. The van der Waals surface area contributed by atoms with Crippen LogP contribution >= 0.6 is 0 Å². The first-order chi connectivity index (χ1) is 8.04. The van der Waals surface area contributed by atoms with E-state index in [1.165, 1.54) is 6.42 Å². The zero-order valence-corrected chi connectivity index (χ0v) is 11.5. The molecule has 2 aliphatic rings. The van der Waals surface area contributed by atoms with Gasteiger partial charge in [-0.25, -0.2) is 0 Å². The third kappa shape index (κ3) is 3.01. The van der Waals surface area contributed by atoms with Crippen LogP contribution in [0.3, 0.4) is 0 Å². The second-order valence-corrected chi connectivity index (χ2v) is 6.32. The maximum absolute atomic E-state index is 12.3.